The highest BCUT2D eigenvalue weighted by molar-refractivity contribution is 7.88. The van der Waals surface area contributed by atoms with E-state index in [-0.39, 0.29) is 0 Å². The van der Waals surface area contributed by atoms with E-state index in [1.165, 1.54) is 18.6 Å². The van der Waals surface area contributed by atoms with Crippen molar-refractivity contribution in [1.82, 2.24) is 9.44 Å². The number of hydrogen-bond acceptors (Lipinski definition) is 7. The largest absolute Gasteiger partial charge is 0.480 e. The summed E-state index contributed by atoms with van der Waals surface area (Å²) >= 11 is 0. The van der Waals surface area contributed by atoms with Crippen LogP contribution in [0.25, 0.3) is 0 Å². The molecule has 0 aromatic carbocycles. The second kappa shape index (κ2) is 7.65. The van der Waals surface area contributed by atoms with Crippen LogP contribution in [0.15, 0.2) is 0 Å². The average molecular weight is 312 g/mol. The summed E-state index contributed by atoms with van der Waals surface area (Å²) in [7, 11) is -3.47. The summed E-state index contributed by atoms with van der Waals surface area (Å²) in [6.45, 7) is 2.99. The molecule has 0 aliphatic carbocycles. The molecule has 0 radical (unpaired) electrons. The van der Waals surface area contributed by atoms with Gasteiger partial charge < -0.3 is 14.6 Å². The van der Waals surface area contributed by atoms with Crippen molar-refractivity contribution in [3.05, 3.63) is 0 Å². The minimum atomic E-state index is -4.49. The standard InChI is InChI=1S/C9H16N2O8S/c1-5(2)19-9(15)11-20(16,17)10-6(8(13)14)4-7(12)18-3/h5-6,10H,4H2,1-3H3,(H,11,15)(H,13,14)/t6-/m0/s1. The number of ether oxygens (including phenoxy) is 2. The van der Waals surface area contributed by atoms with Gasteiger partial charge in [0.15, 0.2) is 0 Å². The number of carboxylic acids is 1. The number of carboxylic acid groups (broad SMARTS) is 1. The molecule has 0 saturated carbocycles. The van der Waals surface area contributed by atoms with Crippen LogP contribution in [0.5, 0.6) is 0 Å². The Bertz CT molecular complexity index is 472. The molecule has 0 unspecified atom stereocenters. The molecular formula is C9H16N2O8S. The molecule has 3 N–H and O–H groups in total. The first-order valence-corrected chi connectivity index (χ1v) is 6.86. The maximum Gasteiger partial charge on any atom is 0.422 e. The first kappa shape index (κ1) is 18.1. The molecule has 0 bridgehead atoms. The van der Waals surface area contributed by atoms with Gasteiger partial charge in [-0.05, 0) is 13.8 Å². The summed E-state index contributed by atoms with van der Waals surface area (Å²) in [5, 5.41) is 8.78. The highest BCUT2D eigenvalue weighted by atomic mass is 32.2. The maximum atomic E-state index is 11.5. The first-order valence-electron chi connectivity index (χ1n) is 5.37. The number of carbonyl (C=O) groups excluding carboxylic acids is 2. The van der Waals surface area contributed by atoms with Gasteiger partial charge in [-0.1, -0.05) is 0 Å². The van der Waals surface area contributed by atoms with Gasteiger partial charge in [0.05, 0.1) is 19.6 Å². The minimum absolute atomic E-state index is 0.560. The number of amides is 1. The van der Waals surface area contributed by atoms with E-state index in [9.17, 15) is 22.8 Å². The Hall–Kier alpha value is -1.88. The number of methoxy groups -OCH3 is 1. The predicted molar refractivity (Wildman–Crippen MR) is 64.9 cm³/mol. The Kier molecular flexibility index (Phi) is 6.93. The minimum Gasteiger partial charge on any atom is -0.480 e. The number of carbonyl (C=O) groups is 3. The summed E-state index contributed by atoms with van der Waals surface area (Å²) in [6.07, 6.45) is -2.56. The highest BCUT2D eigenvalue weighted by Gasteiger charge is 2.28. The number of rotatable bonds is 7. The maximum absolute atomic E-state index is 11.5. The van der Waals surface area contributed by atoms with Gasteiger partial charge in [-0.15, -0.1) is 0 Å². The third-order valence-electron chi connectivity index (χ3n) is 1.75. The zero-order chi connectivity index (χ0) is 15.9. The van der Waals surface area contributed by atoms with Crippen molar-refractivity contribution in [3.63, 3.8) is 0 Å². The van der Waals surface area contributed by atoms with Gasteiger partial charge in [-0.3, -0.25) is 9.59 Å². The third-order valence-corrected chi connectivity index (χ3v) is 2.78. The molecule has 0 spiro atoms. The molecule has 11 heteroatoms. The molecule has 0 aliphatic rings. The summed E-state index contributed by atoms with van der Waals surface area (Å²) in [5.74, 6) is -2.53. The molecule has 1 atom stereocenters. The number of aliphatic carboxylic acids is 1. The lowest BCUT2D eigenvalue weighted by molar-refractivity contribution is -0.147. The van der Waals surface area contributed by atoms with Gasteiger partial charge in [0.25, 0.3) is 0 Å². The van der Waals surface area contributed by atoms with Gasteiger partial charge >= 0.3 is 28.2 Å². The topological polar surface area (TPSA) is 148 Å². The zero-order valence-electron chi connectivity index (χ0n) is 11.1. The van der Waals surface area contributed by atoms with E-state index in [1.54, 1.807) is 4.72 Å². The predicted octanol–water partition coefficient (Wildman–Crippen LogP) is -1.03. The molecule has 10 nitrogen and oxygen atoms in total. The molecule has 0 saturated heterocycles. The Labute approximate surface area is 115 Å². The number of esters is 1. The van der Waals surface area contributed by atoms with E-state index in [2.05, 4.69) is 9.47 Å². The van der Waals surface area contributed by atoms with Gasteiger partial charge in [0.1, 0.15) is 6.04 Å². The molecule has 0 aromatic rings. The van der Waals surface area contributed by atoms with Crippen LogP contribution < -0.4 is 9.44 Å². The van der Waals surface area contributed by atoms with Crippen LogP contribution in [0.2, 0.25) is 0 Å². The van der Waals surface area contributed by atoms with E-state index in [0.717, 1.165) is 7.11 Å². The summed E-state index contributed by atoms with van der Waals surface area (Å²) in [4.78, 5) is 32.9. The fourth-order valence-corrected chi connectivity index (χ4v) is 1.88. The summed E-state index contributed by atoms with van der Waals surface area (Å²) in [5.41, 5.74) is 0. The van der Waals surface area contributed by atoms with Crippen molar-refractivity contribution < 1.29 is 37.4 Å². The Morgan fingerprint density at radius 3 is 2.20 bits per heavy atom. The molecule has 0 aromatic heterocycles. The Morgan fingerprint density at radius 1 is 1.25 bits per heavy atom. The fraction of sp³-hybridized carbons (Fsp3) is 0.667. The van der Waals surface area contributed by atoms with Crippen molar-refractivity contribution in [2.75, 3.05) is 7.11 Å². The van der Waals surface area contributed by atoms with Gasteiger partial charge in [0, 0.05) is 0 Å². The van der Waals surface area contributed by atoms with Crippen molar-refractivity contribution in [1.29, 1.82) is 0 Å². The molecule has 0 rings (SSSR count). The molecular weight excluding hydrogens is 296 g/mol. The van der Waals surface area contributed by atoms with Crippen molar-refractivity contribution in [2.45, 2.75) is 32.4 Å². The second-order valence-electron chi connectivity index (χ2n) is 3.85. The Balaban J connectivity index is 4.72. The first-order chi connectivity index (χ1) is 9.07. The lowest BCUT2D eigenvalue weighted by Crippen LogP contribution is -2.49. The molecule has 0 fully saturated rings. The molecule has 0 heterocycles. The van der Waals surface area contributed by atoms with Crippen LogP contribution in [0.1, 0.15) is 20.3 Å². The van der Waals surface area contributed by atoms with Gasteiger partial charge in [-0.2, -0.15) is 13.1 Å². The van der Waals surface area contributed by atoms with E-state index in [0.29, 0.717) is 0 Å². The average Bonchev–Trinajstić information content (AvgIpc) is 2.25. The number of hydrogen-bond donors (Lipinski definition) is 3. The molecule has 116 valence electrons. The SMILES string of the molecule is COC(=O)C[C@H](NS(=O)(=O)NC(=O)OC(C)C)C(=O)O. The zero-order valence-corrected chi connectivity index (χ0v) is 11.9. The summed E-state index contributed by atoms with van der Waals surface area (Å²) in [6, 6.07) is -1.77. The van der Waals surface area contributed by atoms with Crippen molar-refractivity contribution >= 4 is 28.2 Å². The lowest BCUT2D eigenvalue weighted by Gasteiger charge is -2.14. The van der Waals surface area contributed by atoms with Crippen LogP contribution >= 0.6 is 0 Å². The van der Waals surface area contributed by atoms with Crippen LogP contribution in [0, 0.1) is 0 Å². The van der Waals surface area contributed by atoms with E-state index < -0.39 is 46.8 Å². The van der Waals surface area contributed by atoms with Gasteiger partial charge in [-0.25, -0.2) is 9.52 Å². The normalized spacial score (nSPS) is 12.6. The van der Waals surface area contributed by atoms with E-state index in [4.69, 9.17) is 5.11 Å². The van der Waals surface area contributed by atoms with Crippen molar-refractivity contribution in [3.8, 4) is 0 Å². The quantitative estimate of drug-likeness (QED) is 0.505. The van der Waals surface area contributed by atoms with Crippen LogP contribution in [-0.4, -0.2) is 50.8 Å². The lowest BCUT2D eigenvalue weighted by atomic mass is 10.2. The van der Waals surface area contributed by atoms with Gasteiger partial charge in [0.2, 0.25) is 0 Å². The molecule has 1 amide bonds. The fourth-order valence-electron chi connectivity index (χ4n) is 0.994. The highest BCUT2D eigenvalue weighted by Crippen LogP contribution is 1.98. The summed E-state index contributed by atoms with van der Waals surface area (Å²) < 4.78 is 34.8. The number of nitrogens with one attached hydrogen (secondary N) is 2. The van der Waals surface area contributed by atoms with Crippen LogP contribution in [-0.2, 0) is 29.3 Å². The Morgan fingerprint density at radius 2 is 1.80 bits per heavy atom. The van der Waals surface area contributed by atoms with E-state index in [1.807, 2.05) is 0 Å². The van der Waals surface area contributed by atoms with Crippen LogP contribution in [0.4, 0.5) is 4.79 Å². The monoisotopic (exact) mass is 312 g/mol. The van der Waals surface area contributed by atoms with E-state index >= 15 is 0 Å². The smallest absolute Gasteiger partial charge is 0.422 e. The third kappa shape index (κ3) is 7.53. The molecule has 0 aliphatic heterocycles. The molecule has 20 heavy (non-hydrogen) atoms. The van der Waals surface area contributed by atoms with Crippen molar-refractivity contribution in [2.24, 2.45) is 0 Å². The second-order valence-corrected chi connectivity index (χ2v) is 5.30. The van der Waals surface area contributed by atoms with Crippen LogP contribution in [0.3, 0.4) is 0 Å².